The van der Waals surface area contributed by atoms with Gasteiger partial charge in [0.25, 0.3) is 5.91 Å². The van der Waals surface area contributed by atoms with Crippen LogP contribution in [0, 0.1) is 0 Å². The van der Waals surface area contributed by atoms with Crippen LogP contribution < -0.4 is 16.0 Å². The van der Waals surface area contributed by atoms with Crippen molar-refractivity contribution in [2.45, 2.75) is 32.2 Å². The third-order valence-electron chi connectivity index (χ3n) is 4.03. The van der Waals surface area contributed by atoms with E-state index in [1.807, 2.05) is 18.2 Å². The van der Waals surface area contributed by atoms with Crippen molar-refractivity contribution in [1.29, 1.82) is 0 Å². The Balaban J connectivity index is 1.70. The van der Waals surface area contributed by atoms with Crippen molar-refractivity contribution in [1.82, 2.24) is 4.98 Å². The fourth-order valence-corrected chi connectivity index (χ4v) is 3.47. The van der Waals surface area contributed by atoms with Gasteiger partial charge in [0.15, 0.2) is 0 Å². The third-order valence-corrected chi connectivity index (χ3v) is 4.91. The van der Waals surface area contributed by atoms with Crippen LogP contribution in [-0.2, 0) is 6.54 Å². The van der Waals surface area contributed by atoms with Crippen molar-refractivity contribution in [2.24, 2.45) is 5.73 Å². The number of hydrogen-bond donors (Lipinski definition) is 2. The molecule has 6 heteroatoms. The molecule has 1 aromatic carbocycles. The molecular weight excluding hydrogens is 308 g/mol. The van der Waals surface area contributed by atoms with Gasteiger partial charge in [-0.15, -0.1) is 11.3 Å². The minimum Gasteiger partial charge on any atom is -0.371 e. The summed E-state index contributed by atoms with van der Waals surface area (Å²) < 4.78 is 0. The van der Waals surface area contributed by atoms with E-state index in [0.29, 0.717) is 12.2 Å². The standard InChI is InChI=1S/C17H22N4OS/c18-11-16-20-15(12-23-16)17(22)19-13-6-5-7-14(10-13)21-8-3-1-2-4-9-21/h5-7,10,12H,1-4,8-9,11,18H2,(H,19,22). The third kappa shape index (κ3) is 4.09. The average molecular weight is 330 g/mol. The van der Waals surface area contributed by atoms with Crippen molar-refractivity contribution in [3.63, 3.8) is 0 Å². The van der Waals surface area contributed by atoms with Gasteiger partial charge in [0, 0.05) is 36.4 Å². The summed E-state index contributed by atoms with van der Waals surface area (Å²) >= 11 is 1.41. The maximum absolute atomic E-state index is 12.3. The van der Waals surface area contributed by atoms with Crippen LogP contribution in [0.4, 0.5) is 11.4 Å². The molecule has 1 aliphatic rings. The quantitative estimate of drug-likeness (QED) is 0.903. The Morgan fingerprint density at radius 1 is 1.26 bits per heavy atom. The average Bonchev–Trinajstić information content (AvgIpc) is 2.89. The minimum absolute atomic E-state index is 0.186. The van der Waals surface area contributed by atoms with Crippen molar-refractivity contribution >= 4 is 28.6 Å². The minimum atomic E-state index is -0.186. The van der Waals surface area contributed by atoms with Crippen LogP contribution in [0.15, 0.2) is 29.6 Å². The normalized spacial score (nSPS) is 15.3. The van der Waals surface area contributed by atoms with Gasteiger partial charge in [0.1, 0.15) is 10.7 Å². The van der Waals surface area contributed by atoms with Crippen LogP contribution in [0.25, 0.3) is 0 Å². The number of amides is 1. The fourth-order valence-electron chi connectivity index (χ4n) is 2.81. The highest BCUT2D eigenvalue weighted by Crippen LogP contribution is 2.23. The summed E-state index contributed by atoms with van der Waals surface area (Å²) in [5, 5.41) is 5.45. The molecule has 0 radical (unpaired) electrons. The van der Waals surface area contributed by atoms with Gasteiger partial charge in [0.2, 0.25) is 0 Å². The molecular formula is C17H22N4OS. The highest BCUT2D eigenvalue weighted by atomic mass is 32.1. The lowest BCUT2D eigenvalue weighted by Gasteiger charge is -2.23. The number of nitrogens with zero attached hydrogens (tertiary/aromatic N) is 2. The molecule has 1 saturated heterocycles. The van der Waals surface area contributed by atoms with E-state index in [1.165, 1.54) is 42.7 Å². The van der Waals surface area contributed by atoms with E-state index in [9.17, 15) is 4.79 Å². The lowest BCUT2D eigenvalue weighted by Crippen LogP contribution is -2.24. The van der Waals surface area contributed by atoms with E-state index in [2.05, 4.69) is 21.3 Å². The van der Waals surface area contributed by atoms with Crippen LogP contribution >= 0.6 is 11.3 Å². The van der Waals surface area contributed by atoms with E-state index in [1.54, 1.807) is 5.38 Å². The number of carbonyl (C=O) groups is 1. The summed E-state index contributed by atoms with van der Waals surface area (Å²) in [6.07, 6.45) is 5.08. The fraction of sp³-hybridized carbons (Fsp3) is 0.412. The Bertz CT molecular complexity index is 662. The summed E-state index contributed by atoms with van der Waals surface area (Å²) in [5.41, 5.74) is 7.94. The molecule has 2 heterocycles. The van der Waals surface area contributed by atoms with Crippen LogP contribution in [0.2, 0.25) is 0 Å². The zero-order valence-corrected chi connectivity index (χ0v) is 13.9. The summed E-state index contributed by atoms with van der Waals surface area (Å²) in [6, 6.07) is 8.05. The Kier molecular flexibility index (Phi) is 5.25. The van der Waals surface area contributed by atoms with Gasteiger partial charge in [-0.2, -0.15) is 0 Å². The predicted octanol–water partition coefficient (Wildman–Crippen LogP) is 3.23. The second kappa shape index (κ2) is 7.57. The number of nitrogens with one attached hydrogen (secondary N) is 1. The first-order chi connectivity index (χ1) is 11.3. The van der Waals surface area contributed by atoms with E-state index < -0.39 is 0 Å². The summed E-state index contributed by atoms with van der Waals surface area (Å²) in [4.78, 5) is 18.9. The first-order valence-corrected chi connectivity index (χ1v) is 8.95. The first kappa shape index (κ1) is 16.0. The molecule has 3 N–H and O–H groups in total. The first-order valence-electron chi connectivity index (χ1n) is 8.07. The second-order valence-corrected chi connectivity index (χ2v) is 6.68. The highest BCUT2D eigenvalue weighted by Gasteiger charge is 2.13. The molecule has 0 aliphatic carbocycles. The number of rotatable bonds is 4. The van der Waals surface area contributed by atoms with Crippen LogP contribution in [0.3, 0.4) is 0 Å². The molecule has 23 heavy (non-hydrogen) atoms. The zero-order chi connectivity index (χ0) is 16.1. The smallest absolute Gasteiger partial charge is 0.275 e. The van der Waals surface area contributed by atoms with Gasteiger partial charge in [-0.1, -0.05) is 18.9 Å². The van der Waals surface area contributed by atoms with Gasteiger partial charge in [-0.25, -0.2) is 4.98 Å². The lowest BCUT2D eigenvalue weighted by atomic mass is 10.2. The molecule has 1 fully saturated rings. The molecule has 0 saturated carbocycles. The van der Waals surface area contributed by atoms with Gasteiger partial charge in [0.05, 0.1) is 0 Å². The molecule has 0 bridgehead atoms. The molecule has 1 aromatic heterocycles. The lowest BCUT2D eigenvalue weighted by molar-refractivity contribution is 0.102. The van der Waals surface area contributed by atoms with Crippen LogP contribution in [0.5, 0.6) is 0 Å². The highest BCUT2D eigenvalue weighted by molar-refractivity contribution is 7.09. The number of aromatic nitrogens is 1. The van der Waals surface area contributed by atoms with Crippen molar-refractivity contribution in [3.8, 4) is 0 Å². The van der Waals surface area contributed by atoms with Gasteiger partial charge >= 0.3 is 0 Å². The Labute approximate surface area is 140 Å². The molecule has 0 atom stereocenters. The SMILES string of the molecule is NCc1nc(C(=O)Nc2cccc(N3CCCCCC3)c2)cs1. The van der Waals surface area contributed by atoms with E-state index in [-0.39, 0.29) is 5.91 Å². The van der Waals surface area contributed by atoms with Crippen molar-refractivity contribution in [3.05, 3.63) is 40.3 Å². The number of hydrogen-bond acceptors (Lipinski definition) is 5. The number of benzene rings is 1. The summed E-state index contributed by atoms with van der Waals surface area (Å²) in [6.45, 7) is 2.54. The molecule has 0 spiro atoms. The number of nitrogens with two attached hydrogens (primary N) is 1. The Morgan fingerprint density at radius 3 is 2.74 bits per heavy atom. The zero-order valence-electron chi connectivity index (χ0n) is 13.1. The van der Waals surface area contributed by atoms with Crippen LogP contribution in [0.1, 0.15) is 41.2 Å². The molecule has 5 nitrogen and oxygen atoms in total. The van der Waals surface area contributed by atoms with Crippen molar-refractivity contribution < 1.29 is 4.79 Å². The summed E-state index contributed by atoms with van der Waals surface area (Å²) in [7, 11) is 0. The number of carbonyl (C=O) groups excluding carboxylic acids is 1. The molecule has 1 amide bonds. The van der Waals surface area contributed by atoms with E-state index in [4.69, 9.17) is 5.73 Å². The Hall–Kier alpha value is -1.92. The van der Waals surface area contributed by atoms with Gasteiger partial charge in [-0.3, -0.25) is 4.79 Å². The van der Waals surface area contributed by atoms with E-state index in [0.717, 1.165) is 23.8 Å². The molecule has 1 aliphatic heterocycles. The largest absolute Gasteiger partial charge is 0.371 e. The maximum atomic E-state index is 12.3. The topological polar surface area (TPSA) is 71.2 Å². The summed E-state index contributed by atoms with van der Waals surface area (Å²) in [5.74, 6) is -0.186. The van der Waals surface area contributed by atoms with Crippen molar-refractivity contribution in [2.75, 3.05) is 23.3 Å². The van der Waals surface area contributed by atoms with Crippen LogP contribution in [-0.4, -0.2) is 24.0 Å². The van der Waals surface area contributed by atoms with E-state index >= 15 is 0 Å². The van der Waals surface area contributed by atoms with Gasteiger partial charge < -0.3 is 16.0 Å². The predicted molar refractivity (Wildman–Crippen MR) is 95.1 cm³/mol. The Morgan fingerprint density at radius 2 is 2.04 bits per heavy atom. The maximum Gasteiger partial charge on any atom is 0.275 e. The monoisotopic (exact) mass is 330 g/mol. The molecule has 3 rings (SSSR count). The number of anilines is 2. The molecule has 122 valence electrons. The molecule has 0 unspecified atom stereocenters. The van der Waals surface area contributed by atoms with Gasteiger partial charge in [-0.05, 0) is 31.0 Å². The second-order valence-electron chi connectivity index (χ2n) is 5.74. The number of thiazole rings is 1. The molecule has 2 aromatic rings.